The zero-order chi connectivity index (χ0) is 43.5. The van der Waals surface area contributed by atoms with E-state index in [1.54, 1.807) is 42.7 Å². The van der Waals surface area contributed by atoms with Crippen LogP contribution in [0, 0.1) is 0 Å². The van der Waals surface area contributed by atoms with Gasteiger partial charge in [-0.15, -0.1) is 0 Å². The van der Waals surface area contributed by atoms with Crippen molar-refractivity contribution in [2.75, 3.05) is 52.4 Å². The van der Waals surface area contributed by atoms with Gasteiger partial charge in [-0.2, -0.15) is 0 Å². The van der Waals surface area contributed by atoms with Gasteiger partial charge >= 0.3 is 18.3 Å². The van der Waals surface area contributed by atoms with Crippen molar-refractivity contribution in [3.63, 3.8) is 0 Å². The summed E-state index contributed by atoms with van der Waals surface area (Å²) in [4.78, 5) is 70.6. The van der Waals surface area contributed by atoms with Gasteiger partial charge in [-0.3, -0.25) is 9.69 Å². The van der Waals surface area contributed by atoms with Crippen molar-refractivity contribution in [3.05, 3.63) is 70.0 Å². The van der Waals surface area contributed by atoms with Crippen molar-refractivity contribution in [1.29, 1.82) is 0 Å². The highest BCUT2D eigenvalue weighted by atomic mass is 16.6. The van der Waals surface area contributed by atoms with Crippen molar-refractivity contribution in [2.45, 2.75) is 112 Å². The summed E-state index contributed by atoms with van der Waals surface area (Å²) in [6.45, 7) is 25.0. The molecular formula is C45H62N6O8. The minimum atomic E-state index is -0.742. The Labute approximate surface area is 347 Å². The lowest BCUT2D eigenvalue weighted by Gasteiger charge is -2.35. The van der Waals surface area contributed by atoms with E-state index in [4.69, 9.17) is 28.6 Å². The SMILES string of the molecule is CC(C)(C)OC(=O)N1CCN(Cc2cccc(-c3ccc4c(=O)c5cc(C(C)(C)C)ccc5oc4n3)n2)CCN(C(=O)OC(C)(C)C)CCN(C(=O)OC(C)(C)C)CC1. The second kappa shape index (κ2) is 17.5. The van der Waals surface area contributed by atoms with Crippen LogP contribution in [0.2, 0.25) is 0 Å². The predicted molar refractivity (Wildman–Crippen MR) is 228 cm³/mol. The van der Waals surface area contributed by atoms with E-state index in [0.717, 1.165) is 11.3 Å². The van der Waals surface area contributed by atoms with Crippen LogP contribution in [0.15, 0.2) is 57.7 Å². The average molecular weight is 815 g/mol. The zero-order valence-electron chi connectivity index (χ0n) is 36.9. The lowest BCUT2D eigenvalue weighted by molar-refractivity contribution is 0.00447. The van der Waals surface area contributed by atoms with E-state index in [9.17, 15) is 19.2 Å². The third-order valence-corrected chi connectivity index (χ3v) is 9.46. The first-order valence-electron chi connectivity index (χ1n) is 20.4. The number of aromatic nitrogens is 2. The first-order chi connectivity index (χ1) is 27.3. The van der Waals surface area contributed by atoms with Gasteiger partial charge < -0.3 is 33.3 Å². The van der Waals surface area contributed by atoms with Gasteiger partial charge in [0, 0.05) is 58.9 Å². The lowest BCUT2D eigenvalue weighted by atomic mass is 9.86. The number of amides is 3. The topological polar surface area (TPSA) is 148 Å². The minimum Gasteiger partial charge on any atom is -0.444 e. The highest BCUT2D eigenvalue weighted by Gasteiger charge is 2.30. The second-order valence-electron chi connectivity index (χ2n) is 19.1. The molecule has 320 valence electrons. The van der Waals surface area contributed by atoms with E-state index >= 15 is 0 Å². The molecule has 0 unspecified atom stereocenters. The molecule has 1 aliphatic rings. The lowest BCUT2D eigenvalue weighted by Crippen LogP contribution is -2.51. The molecule has 0 atom stereocenters. The largest absolute Gasteiger partial charge is 0.444 e. The molecule has 0 aliphatic carbocycles. The molecule has 0 spiro atoms. The van der Waals surface area contributed by atoms with Crippen molar-refractivity contribution >= 4 is 40.3 Å². The van der Waals surface area contributed by atoms with Crippen LogP contribution in [0.3, 0.4) is 0 Å². The monoisotopic (exact) mass is 814 g/mol. The maximum atomic E-state index is 13.6. The van der Waals surface area contributed by atoms with Crippen molar-refractivity contribution in [1.82, 2.24) is 29.6 Å². The summed E-state index contributed by atoms with van der Waals surface area (Å²) in [5.74, 6) is 0. The Kier molecular flexibility index (Phi) is 13.3. The fourth-order valence-electron chi connectivity index (χ4n) is 6.42. The predicted octanol–water partition coefficient (Wildman–Crippen LogP) is 8.23. The van der Waals surface area contributed by atoms with Crippen molar-refractivity contribution < 1.29 is 33.0 Å². The van der Waals surface area contributed by atoms with E-state index in [0.29, 0.717) is 47.4 Å². The number of hydrogen-bond acceptors (Lipinski definition) is 11. The van der Waals surface area contributed by atoms with Crippen LogP contribution in [0.4, 0.5) is 14.4 Å². The summed E-state index contributed by atoms with van der Waals surface area (Å²) < 4.78 is 23.5. The van der Waals surface area contributed by atoms with Crippen LogP contribution in [-0.4, -0.2) is 117 Å². The molecule has 0 bridgehead atoms. The van der Waals surface area contributed by atoms with E-state index in [1.807, 2.05) is 77.9 Å². The molecule has 14 heteroatoms. The van der Waals surface area contributed by atoms with Crippen molar-refractivity contribution in [3.8, 4) is 11.4 Å². The molecule has 1 aromatic carbocycles. The van der Waals surface area contributed by atoms with Gasteiger partial charge in [-0.1, -0.05) is 32.9 Å². The molecule has 3 aromatic heterocycles. The molecule has 1 aliphatic heterocycles. The summed E-state index contributed by atoms with van der Waals surface area (Å²) in [6.07, 6.45) is -1.53. The van der Waals surface area contributed by atoms with Crippen LogP contribution >= 0.6 is 0 Å². The van der Waals surface area contributed by atoms with Crippen LogP contribution in [0.25, 0.3) is 33.5 Å². The Balaban J connectivity index is 1.44. The molecule has 0 radical (unpaired) electrons. The number of hydrogen-bond donors (Lipinski definition) is 0. The van der Waals surface area contributed by atoms with Crippen LogP contribution in [0.5, 0.6) is 0 Å². The molecule has 1 saturated heterocycles. The summed E-state index contributed by atoms with van der Waals surface area (Å²) >= 11 is 0. The third kappa shape index (κ3) is 12.6. The van der Waals surface area contributed by atoms with Gasteiger partial charge in [0.15, 0.2) is 0 Å². The highest BCUT2D eigenvalue weighted by Crippen LogP contribution is 2.27. The first kappa shape index (κ1) is 44.9. The number of nitrogens with zero attached hydrogens (tertiary/aromatic N) is 6. The second-order valence-corrected chi connectivity index (χ2v) is 19.1. The Morgan fingerprint density at radius 1 is 0.593 bits per heavy atom. The Hall–Kier alpha value is -5.24. The standard InChI is InChI=1S/C45H62N6O8/c1-42(2,3)30-16-19-36-33(28-30)37(52)32-17-18-35(47-38(32)56-36)34-15-13-14-31(46-34)29-48-20-22-49(39(53)57-43(4,5)6)24-26-51(41(55)59-45(10,11)12)27-25-50(23-21-48)40(54)58-44(7,8)9/h13-19,28H,20-27,29H2,1-12H3. The Bertz CT molecular complexity index is 2170. The van der Waals surface area contributed by atoms with Gasteiger partial charge in [0.1, 0.15) is 22.4 Å². The molecule has 1 fully saturated rings. The zero-order valence-corrected chi connectivity index (χ0v) is 36.9. The fourth-order valence-corrected chi connectivity index (χ4v) is 6.42. The minimum absolute atomic E-state index is 0.127. The van der Waals surface area contributed by atoms with Crippen LogP contribution in [-0.2, 0) is 26.2 Å². The average Bonchev–Trinajstić information content (AvgIpc) is 3.10. The van der Waals surface area contributed by atoms with Gasteiger partial charge in [0.05, 0.1) is 27.9 Å². The van der Waals surface area contributed by atoms with Gasteiger partial charge in [-0.25, -0.2) is 24.4 Å². The number of carbonyl (C=O) groups excluding carboxylic acids is 3. The number of rotatable bonds is 3. The van der Waals surface area contributed by atoms with Gasteiger partial charge in [0.25, 0.3) is 0 Å². The van der Waals surface area contributed by atoms with E-state index in [-0.39, 0.29) is 55.8 Å². The molecule has 59 heavy (non-hydrogen) atoms. The summed E-state index contributed by atoms with van der Waals surface area (Å²) in [6, 6.07) is 14.9. The van der Waals surface area contributed by atoms with Crippen LogP contribution in [0.1, 0.15) is 94.3 Å². The number of fused-ring (bicyclic) bond motifs is 2. The fraction of sp³-hybridized carbons (Fsp3) is 0.556. The molecule has 5 rings (SSSR count). The Morgan fingerprint density at radius 2 is 1.07 bits per heavy atom. The van der Waals surface area contributed by atoms with Crippen molar-refractivity contribution in [2.24, 2.45) is 0 Å². The molecule has 0 saturated carbocycles. The number of carbonyl (C=O) groups is 3. The molecule has 4 aromatic rings. The third-order valence-electron chi connectivity index (χ3n) is 9.46. The summed E-state index contributed by atoms with van der Waals surface area (Å²) in [5, 5.41) is 0.905. The molecule has 0 N–H and O–H groups in total. The van der Waals surface area contributed by atoms with Gasteiger partial charge in [-0.05, 0) is 110 Å². The first-order valence-corrected chi connectivity index (χ1v) is 20.4. The number of ether oxygens (including phenoxy) is 3. The Morgan fingerprint density at radius 3 is 1.54 bits per heavy atom. The quantitative estimate of drug-likeness (QED) is 0.146. The smallest absolute Gasteiger partial charge is 0.410 e. The summed E-state index contributed by atoms with van der Waals surface area (Å²) in [5.41, 5.74) is 1.14. The number of pyridine rings is 2. The van der Waals surface area contributed by atoms with Gasteiger partial charge in [0.2, 0.25) is 11.1 Å². The number of benzene rings is 1. The van der Waals surface area contributed by atoms with E-state index in [1.165, 1.54) is 4.90 Å². The molecule has 3 amide bonds. The molecular weight excluding hydrogens is 753 g/mol. The van der Waals surface area contributed by atoms with Crippen LogP contribution < -0.4 is 5.43 Å². The van der Waals surface area contributed by atoms with E-state index < -0.39 is 35.1 Å². The maximum Gasteiger partial charge on any atom is 0.410 e. The molecule has 14 nitrogen and oxygen atoms in total. The summed E-state index contributed by atoms with van der Waals surface area (Å²) in [7, 11) is 0. The highest BCUT2D eigenvalue weighted by molar-refractivity contribution is 5.89. The maximum absolute atomic E-state index is 13.6. The molecule has 4 heterocycles. The van der Waals surface area contributed by atoms with E-state index in [2.05, 4.69) is 25.7 Å². The normalized spacial score (nSPS) is 15.8.